The molecule has 0 aromatic heterocycles. The molecule has 0 saturated heterocycles. The van der Waals surface area contributed by atoms with Crippen molar-refractivity contribution >= 4 is 9.84 Å². The quantitative estimate of drug-likeness (QED) is 0.248. The molecule has 1 N–H and O–H groups in total. The van der Waals surface area contributed by atoms with Crippen LogP contribution in [0.5, 0.6) is 5.75 Å². The van der Waals surface area contributed by atoms with Crippen LogP contribution in [0.2, 0.25) is 0 Å². The summed E-state index contributed by atoms with van der Waals surface area (Å²) < 4.78 is 84.1. The fourth-order valence-electron chi connectivity index (χ4n) is 3.97. The van der Waals surface area contributed by atoms with E-state index in [1.807, 2.05) is 35.2 Å². The molecule has 10 heteroatoms. The van der Waals surface area contributed by atoms with Crippen molar-refractivity contribution in [2.75, 3.05) is 19.4 Å². The number of sulfone groups is 1. The molecule has 0 aliphatic heterocycles. The Kier molecular flexibility index (Phi) is 9.33. The van der Waals surface area contributed by atoms with Crippen LogP contribution >= 0.6 is 0 Å². The van der Waals surface area contributed by atoms with Gasteiger partial charge in [-0.25, -0.2) is 12.8 Å². The number of halogens is 4. The maximum absolute atomic E-state index is 14.7. The van der Waals surface area contributed by atoms with Crippen molar-refractivity contribution in [1.29, 1.82) is 0 Å². The Labute approximate surface area is 214 Å². The van der Waals surface area contributed by atoms with E-state index in [2.05, 4.69) is 0 Å². The highest BCUT2D eigenvalue weighted by Crippen LogP contribution is 2.33. The lowest BCUT2D eigenvalue weighted by Gasteiger charge is -2.24. The van der Waals surface area contributed by atoms with E-state index in [-0.39, 0.29) is 29.2 Å². The molecule has 1 unspecified atom stereocenters. The first kappa shape index (κ1) is 28.6. The molecule has 0 amide bonds. The minimum atomic E-state index is -4.79. The van der Waals surface area contributed by atoms with Crippen LogP contribution in [-0.4, -0.2) is 37.8 Å². The van der Waals surface area contributed by atoms with Gasteiger partial charge in [-0.1, -0.05) is 48.5 Å². The van der Waals surface area contributed by atoms with Crippen molar-refractivity contribution in [3.63, 3.8) is 0 Å². The molecule has 0 radical (unpaired) electrons. The standard InChI is InChI=1S/C27H29F4NO4S/c1-19(33)23-13-12-22(16-25(23)37(2,34)35)36-15-7-14-32(17-20-8-4-3-5-9-20)18-21-10-6-11-24(26(21)28)27(29,30)31/h3-6,8-13,16,19,33H,7,14-15,17-18H2,1-2H3. The minimum Gasteiger partial charge on any atom is -0.494 e. The average molecular weight is 540 g/mol. The van der Waals surface area contributed by atoms with Crippen molar-refractivity contribution < 1.29 is 35.8 Å². The number of nitrogens with zero attached hydrogens (tertiary/aromatic N) is 1. The monoisotopic (exact) mass is 539 g/mol. The van der Waals surface area contributed by atoms with E-state index >= 15 is 0 Å². The van der Waals surface area contributed by atoms with Crippen LogP contribution in [-0.2, 0) is 29.1 Å². The van der Waals surface area contributed by atoms with Gasteiger partial charge in [-0.15, -0.1) is 0 Å². The molecule has 5 nitrogen and oxygen atoms in total. The van der Waals surface area contributed by atoms with Crippen LogP contribution < -0.4 is 4.74 Å². The van der Waals surface area contributed by atoms with Crippen LogP contribution in [0.15, 0.2) is 71.6 Å². The highest BCUT2D eigenvalue weighted by Gasteiger charge is 2.34. The number of aliphatic hydroxyl groups excluding tert-OH is 1. The summed E-state index contributed by atoms with van der Waals surface area (Å²) in [6.07, 6.45) is -4.26. The lowest BCUT2D eigenvalue weighted by atomic mass is 10.1. The van der Waals surface area contributed by atoms with Gasteiger partial charge in [0.2, 0.25) is 0 Å². The predicted octanol–water partition coefficient (Wildman–Crippen LogP) is 5.77. The molecule has 200 valence electrons. The van der Waals surface area contributed by atoms with E-state index in [1.165, 1.54) is 31.2 Å². The Bertz CT molecular complexity index is 1300. The smallest absolute Gasteiger partial charge is 0.419 e. The Morgan fingerprint density at radius 1 is 1.00 bits per heavy atom. The van der Waals surface area contributed by atoms with Gasteiger partial charge in [-0.05, 0) is 42.7 Å². The molecule has 37 heavy (non-hydrogen) atoms. The van der Waals surface area contributed by atoms with E-state index in [1.54, 1.807) is 6.07 Å². The Hall–Kier alpha value is -2.95. The lowest BCUT2D eigenvalue weighted by molar-refractivity contribution is -0.140. The van der Waals surface area contributed by atoms with Gasteiger partial charge in [0.25, 0.3) is 0 Å². The summed E-state index contributed by atoms with van der Waals surface area (Å²) in [5.41, 5.74) is -0.164. The number of hydrogen-bond donors (Lipinski definition) is 1. The van der Waals surface area contributed by atoms with Crippen LogP contribution in [0.3, 0.4) is 0 Å². The summed E-state index contributed by atoms with van der Waals surface area (Å²) in [7, 11) is -3.60. The second-order valence-corrected chi connectivity index (χ2v) is 10.8. The number of ether oxygens (including phenoxy) is 1. The van der Waals surface area contributed by atoms with Crippen LogP contribution in [0, 0.1) is 5.82 Å². The van der Waals surface area contributed by atoms with Gasteiger partial charge in [-0.2, -0.15) is 13.2 Å². The lowest BCUT2D eigenvalue weighted by Crippen LogP contribution is -2.26. The summed E-state index contributed by atoms with van der Waals surface area (Å²) in [5, 5.41) is 9.86. The summed E-state index contributed by atoms with van der Waals surface area (Å²) in [6.45, 7) is 2.39. The second kappa shape index (κ2) is 12.1. The van der Waals surface area contributed by atoms with Gasteiger partial charge < -0.3 is 9.84 Å². The van der Waals surface area contributed by atoms with E-state index in [0.29, 0.717) is 25.3 Å². The topological polar surface area (TPSA) is 66.8 Å². The first-order chi connectivity index (χ1) is 17.4. The minimum absolute atomic E-state index is 0.0225. The SMILES string of the molecule is CC(O)c1ccc(OCCCN(Cc2ccccc2)Cc2cccc(C(F)(F)F)c2F)cc1S(C)(=O)=O. The number of benzene rings is 3. The fourth-order valence-corrected chi connectivity index (χ4v) is 4.96. The number of hydrogen-bond acceptors (Lipinski definition) is 5. The third-order valence-corrected chi connectivity index (χ3v) is 6.90. The molecule has 0 spiro atoms. The van der Waals surface area contributed by atoms with E-state index < -0.39 is 33.5 Å². The van der Waals surface area contributed by atoms with E-state index in [4.69, 9.17) is 4.74 Å². The number of alkyl halides is 3. The van der Waals surface area contributed by atoms with Gasteiger partial charge in [0, 0.05) is 31.5 Å². The maximum atomic E-state index is 14.7. The Balaban J connectivity index is 1.72. The third-order valence-electron chi connectivity index (χ3n) is 5.75. The summed E-state index contributed by atoms with van der Waals surface area (Å²) in [5.74, 6) is -0.973. The van der Waals surface area contributed by atoms with Gasteiger partial charge >= 0.3 is 6.18 Å². The number of rotatable bonds is 11. The van der Waals surface area contributed by atoms with Gasteiger partial charge in [0.05, 0.1) is 23.2 Å². The molecule has 3 aromatic carbocycles. The fraction of sp³-hybridized carbons (Fsp3) is 0.333. The van der Waals surface area contributed by atoms with Crippen molar-refractivity contribution in [3.8, 4) is 5.75 Å². The van der Waals surface area contributed by atoms with Crippen molar-refractivity contribution in [1.82, 2.24) is 4.90 Å². The number of aliphatic hydroxyl groups is 1. The van der Waals surface area contributed by atoms with Crippen LogP contribution in [0.25, 0.3) is 0 Å². The molecule has 0 fully saturated rings. The molecule has 3 aromatic rings. The normalized spacial score (nSPS) is 13.1. The van der Waals surface area contributed by atoms with Crippen LogP contribution in [0.4, 0.5) is 17.6 Å². The molecule has 1 atom stereocenters. The molecule has 0 saturated carbocycles. The zero-order valence-electron chi connectivity index (χ0n) is 20.5. The maximum Gasteiger partial charge on any atom is 0.419 e. The Morgan fingerprint density at radius 3 is 2.32 bits per heavy atom. The van der Waals surface area contributed by atoms with Crippen molar-refractivity contribution in [2.45, 2.75) is 43.6 Å². The van der Waals surface area contributed by atoms with Gasteiger partial charge in [-0.3, -0.25) is 4.90 Å². The molecular formula is C27H29F4NO4S. The summed E-state index contributed by atoms with van der Waals surface area (Å²) >= 11 is 0. The van der Waals surface area contributed by atoms with Crippen molar-refractivity contribution in [2.24, 2.45) is 0 Å². The highest BCUT2D eigenvalue weighted by atomic mass is 32.2. The third kappa shape index (κ3) is 8.02. The van der Waals surface area contributed by atoms with Crippen molar-refractivity contribution in [3.05, 3.63) is 94.8 Å². The first-order valence-corrected chi connectivity index (χ1v) is 13.5. The van der Waals surface area contributed by atoms with Crippen LogP contribution in [0.1, 0.15) is 41.7 Å². The average Bonchev–Trinajstić information content (AvgIpc) is 2.82. The van der Waals surface area contributed by atoms with Gasteiger partial charge in [0.1, 0.15) is 11.6 Å². The summed E-state index contributed by atoms with van der Waals surface area (Å²) in [6, 6.07) is 17.0. The molecular weight excluding hydrogens is 510 g/mol. The zero-order chi connectivity index (χ0) is 27.2. The van der Waals surface area contributed by atoms with E-state index in [0.717, 1.165) is 17.9 Å². The molecule has 0 aliphatic carbocycles. The molecule has 3 rings (SSSR count). The predicted molar refractivity (Wildman–Crippen MR) is 132 cm³/mol. The zero-order valence-corrected chi connectivity index (χ0v) is 21.3. The largest absolute Gasteiger partial charge is 0.494 e. The Morgan fingerprint density at radius 2 is 1.70 bits per heavy atom. The van der Waals surface area contributed by atoms with Gasteiger partial charge in [0.15, 0.2) is 9.84 Å². The molecule has 0 bridgehead atoms. The molecule has 0 heterocycles. The first-order valence-electron chi connectivity index (χ1n) is 11.6. The molecule has 0 aliphatic rings. The summed E-state index contributed by atoms with van der Waals surface area (Å²) in [4.78, 5) is 1.81. The second-order valence-electron chi connectivity index (χ2n) is 8.82. The van der Waals surface area contributed by atoms with E-state index in [9.17, 15) is 31.1 Å². The highest BCUT2D eigenvalue weighted by molar-refractivity contribution is 7.90.